The van der Waals surface area contributed by atoms with Gasteiger partial charge in [-0.05, 0) is 19.1 Å². The van der Waals surface area contributed by atoms with Gasteiger partial charge in [0, 0.05) is 12.7 Å². The summed E-state index contributed by atoms with van der Waals surface area (Å²) in [5.41, 5.74) is 2.71. The number of aromatic amines is 1. The molecule has 3 aromatic rings. The highest BCUT2D eigenvalue weighted by Crippen LogP contribution is 2.18. The Balaban J connectivity index is 2.30. The van der Waals surface area contributed by atoms with Crippen LogP contribution in [0.2, 0.25) is 0 Å². The van der Waals surface area contributed by atoms with Crippen LogP contribution in [-0.2, 0) is 7.05 Å². The Morgan fingerprint density at radius 3 is 2.58 bits per heavy atom. The molecule has 0 aliphatic rings. The molecule has 0 aliphatic carbocycles. The largest absolute Gasteiger partial charge is 0.285 e. The molecule has 1 aromatic carbocycles. The van der Waals surface area contributed by atoms with Gasteiger partial charge in [-0.1, -0.05) is 18.2 Å². The maximum absolute atomic E-state index is 12.6. The average molecular weight is 255 g/mol. The highest BCUT2D eigenvalue weighted by Gasteiger charge is 2.18. The van der Waals surface area contributed by atoms with Gasteiger partial charge in [0.05, 0.1) is 17.4 Å². The van der Waals surface area contributed by atoms with Crippen LogP contribution in [0, 0.1) is 6.92 Å². The first kappa shape index (κ1) is 11.5. The molecule has 6 heteroatoms. The summed E-state index contributed by atoms with van der Waals surface area (Å²) in [4.78, 5) is 12.6. The van der Waals surface area contributed by atoms with Gasteiger partial charge in [-0.15, -0.1) is 0 Å². The molecule has 1 N–H and O–H groups in total. The zero-order valence-electron chi connectivity index (χ0n) is 10.7. The summed E-state index contributed by atoms with van der Waals surface area (Å²) in [6.07, 6.45) is 1.55. The minimum Gasteiger partial charge on any atom is -0.285 e. The molecule has 2 heterocycles. The number of nitrogens with zero attached hydrogens (tertiary/aromatic N) is 4. The van der Waals surface area contributed by atoms with Crippen molar-refractivity contribution in [2.45, 2.75) is 6.92 Å². The van der Waals surface area contributed by atoms with E-state index in [1.54, 1.807) is 10.9 Å². The quantitative estimate of drug-likeness (QED) is 0.749. The van der Waals surface area contributed by atoms with Crippen LogP contribution in [0.5, 0.6) is 0 Å². The lowest BCUT2D eigenvalue weighted by molar-refractivity contribution is 0.630. The monoisotopic (exact) mass is 255 g/mol. The third-order valence-electron chi connectivity index (χ3n) is 3.23. The predicted molar refractivity (Wildman–Crippen MR) is 71.1 cm³/mol. The first-order chi connectivity index (χ1) is 9.20. The highest BCUT2D eigenvalue weighted by atomic mass is 16.1. The normalized spacial score (nSPS) is 10.8. The molecule has 0 spiro atoms. The zero-order valence-corrected chi connectivity index (χ0v) is 10.7. The lowest BCUT2D eigenvalue weighted by atomic mass is 10.2. The SMILES string of the molecule is Cc1c(-c2cn[nH]n2)c(=O)n(-c2ccccc2)n1C. The molecular formula is C13H13N5O. The topological polar surface area (TPSA) is 68.5 Å². The minimum absolute atomic E-state index is 0.0971. The molecule has 0 radical (unpaired) electrons. The first-order valence-corrected chi connectivity index (χ1v) is 5.90. The molecule has 0 aliphatic heterocycles. The Hall–Kier alpha value is -2.63. The lowest BCUT2D eigenvalue weighted by Crippen LogP contribution is -2.20. The molecule has 0 atom stereocenters. The van der Waals surface area contributed by atoms with Crippen molar-refractivity contribution in [2.24, 2.45) is 7.05 Å². The third-order valence-corrected chi connectivity index (χ3v) is 3.23. The third kappa shape index (κ3) is 1.69. The summed E-state index contributed by atoms with van der Waals surface area (Å²) in [7, 11) is 1.85. The van der Waals surface area contributed by atoms with Crippen LogP contribution in [0.15, 0.2) is 41.3 Å². The van der Waals surface area contributed by atoms with E-state index in [9.17, 15) is 4.79 Å². The van der Waals surface area contributed by atoms with Gasteiger partial charge >= 0.3 is 0 Å². The van der Waals surface area contributed by atoms with Gasteiger partial charge in [0.15, 0.2) is 0 Å². The molecule has 3 rings (SSSR count). The zero-order chi connectivity index (χ0) is 13.4. The van der Waals surface area contributed by atoms with Crippen molar-refractivity contribution in [3.63, 3.8) is 0 Å². The fraction of sp³-hybridized carbons (Fsp3) is 0.154. The summed E-state index contributed by atoms with van der Waals surface area (Å²) in [6.45, 7) is 1.89. The highest BCUT2D eigenvalue weighted by molar-refractivity contribution is 5.60. The fourth-order valence-electron chi connectivity index (χ4n) is 2.19. The molecule has 0 saturated heterocycles. The van der Waals surface area contributed by atoms with Crippen molar-refractivity contribution in [1.29, 1.82) is 0 Å². The number of hydrogen-bond acceptors (Lipinski definition) is 3. The van der Waals surface area contributed by atoms with Crippen LogP contribution in [0.3, 0.4) is 0 Å². The number of para-hydroxylation sites is 1. The number of hydrogen-bond donors (Lipinski definition) is 1. The average Bonchev–Trinajstić information content (AvgIpc) is 3.00. The Labute approximate surface area is 109 Å². The van der Waals surface area contributed by atoms with Crippen LogP contribution in [-0.4, -0.2) is 24.8 Å². The van der Waals surface area contributed by atoms with Gasteiger partial charge in [-0.25, -0.2) is 4.68 Å². The Morgan fingerprint density at radius 1 is 1.21 bits per heavy atom. The summed E-state index contributed by atoms with van der Waals surface area (Å²) < 4.78 is 3.45. The van der Waals surface area contributed by atoms with Gasteiger partial charge in [-0.2, -0.15) is 15.4 Å². The van der Waals surface area contributed by atoms with E-state index in [0.29, 0.717) is 11.3 Å². The van der Waals surface area contributed by atoms with Gasteiger partial charge in [0.1, 0.15) is 5.69 Å². The predicted octanol–water partition coefficient (Wildman–Crippen LogP) is 1.27. The molecule has 0 saturated carbocycles. The van der Waals surface area contributed by atoms with E-state index < -0.39 is 0 Å². The standard InChI is InChI=1S/C13H13N5O/c1-9-12(11-8-14-16-15-11)13(19)18(17(9)2)10-6-4-3-5-7-10/h3-8H,1-2H3,(H,14,15,16). The van der Waals surface area contributed by atoms with E-state index in [4.69, 9.17) is 0 Å². The first-order valence-electron chi connectivity index (χ1n) is 5.90. The smallest absolute Gasteiger partial charge is 0.281 e. The molecule has 0 amide bonds. The van der Waals surface area contributed by atoms with Gasteiger partial charge in [0.2, 0.25) is 0 Å². The molecular weight excluding hydrogens is 242 g/mol. The second kappa shape index (κ2) is 4.24. The minimum atomic E-state index is -0.0971. The summed E-state index contributed by atoms with van der Waals surface area (Å²) in [5.74, 6) is 0. The van der Waals surface area contributed by atoms with Gasteiger partial charge < -0.3 is 0 Å². The van der Waals surface area contributed by atoms with E-state index in [1.165, 1.54) is 0 Å². The second-order valence-electron chi connectivity index (χ2n) is 4.29. The number of benzene rings is 1. The molecule has 96 valence electrons. The van der Waals surface area contributed by atoms with Crippen LogP contribution in [0.4, 0.5) is 0 Å². The lowest BCUT2D eigenvalue weighted by Gasteiger charge is -2.07. The number of H-pyrrole nitrogens is 1. The molecule has 6 nitrogen and oxygen atoms in total. The fourth-order valence-corrected chi connectivity index (χ4v) is 2.19. The molecule has 19 heavy (non-hydrogen) atoms. The van der Waals surface area contributed by atoms with Gasteiger partial charge in [0.25, 0.3) is 5.56 Å². The molecule has 0 bridgehead atoms. The Morgan fingerprint density at radius 2 is 1.95 bits per heavy atom. The summed E-state index contributed by atoms with van der Waals surface area (Å²) >= 11 is 0. The van der Waals surface area contributed by atoms with E-state index in [0.717, 1.165) is 11.4 Å². The van der Waals surface area contributed by atoms with Crippen LogP contribution in [0.1, 0.15) is 5.69 Å². The maximum Gasteiger partial charge on any atom is 0.281 e. The summed E-state index contributed by atoms with van der Waals surface area (Å²) in [5, 5.41) is 10.3. The molecule has 2 aromatic heterocycles. The van der Waals surface area contributed by atoms with Crippen molar-refractivity contribution in [1.82, 2.24) is 24.8 Å². The molecule has 0 unspecified atom stereocenters. The maximum atomic E-state index is 12.6. The van der Waals surface area contributed by atoms with Crippen molar-refractivity contribution < 1.29 is 0 Å². The van der Waals surface area contributed by atoms with Crippen molar-refractivity contribution in [2.75, 3.05) is 0 Å². The number of rotatable bonds is 2. The molecule has 0 fully saturated rings. The van der Waals surface area contributed by atoms with Crippen LogP contribution < -0.4 is 5.56 Å². The van der Waals surface area contributed by atoms with E-state index in [-0.39, 0.29) is 5.56 Å². The van der Waals surface area contributed by atoms with E-state index in [1.807, 2.05) is 49.0 Å². The number of nitrogens with one attached hydrogen (secondary N) is 1. The van der Waals surface area contributed by atoms with Crippen molar-refractivity contribution >= 4 is 0 Å². The van der Waals surface area contributed by atoms with Crippen molar-refractivity contribution in [3.05, 3.63) is 52.6 Å². The number of aromatic nitrogens is 5. The Bertz CT molecular complexity index is 752. The van der Waals surface area contributed by atoms with E-state index in [2.05, 4.69) is 15.4 Å². The van der Waals surface area contributed by atoms with E-state index >= 15 is 0 Å². The van der Waals surface area contributed by atoms with Crippen molar-refractivity contribution in [3.8, 4) is 16.9 Å². The van der Waals surface area contributed by atoms with Crippen LogP contribution in [0.25, 0.3) is 16.9 Å². The Kier molecular flexibility index (Phi) is 2.56. The van der Waals surface area contributed by atoms with Gasteiger partial charge in [-0.3, -0.25) is 9.48 Å². The second-order valence-corrected chi connectivity index (χ2v) is 4.29. The van der Waals surface area contributed by atoms with Crippen LogP contribution >= 0.6 is 0 Å². The summed E-state index contributed by atoms with van der Waals surface area (Å²) in [6, 6.07) is 9.52.